The third kappa shape index (κ3) is 14.0. The van der Waals surface area contributed by atoms with Gasteiger partial charge in [0.2, 0.25) is 0 Å². The first-order chi connectivity index (χ1) is 6.85. The average Bonchev–Trinajstić information content (AvgIpc) is 2.14. The minimum absolute atomic E-state index is 0.00105. The second-order valence-electron chi connectivity index (χ2n) is 4.03. The van der Waals surface area contributed by atoms with Crippen molar-refractivity contribution in [1.82, 2.24) is 0 Å². The molecule has 0 fully saturated rings. The first-order valence-corrected chi connectivity index (χ1v) is 5.59. The summed E-state index contributed by atoms with van der Waals surface area (Å²) in [4.78, 5) is 8.66. The number of hydrogen-bond acceptors (Lipinski definition) is 5. The highest BCUT2D eigenvalue weighted by Crippen LogP contribution is 2.31. The van der Waals surface area contributed by atoms with E-state index in [2.05, 4.69) is 22.4 Å². The van der Waals surface area contributed by atoms with E-state index in [4.69, 9.17) is 10.2 Å². The molecule has 0 spiro atoms. The molecule has 92 valence electrons. The lowest BCUT2D eigenvalue weighted by molar-refractivity contribution is -0.151. The number of hydrogen-bond donors (Lipinski definition) is 3. The van der Waals surface area contributed by atoms with Gasteiger partial charge in [-0.3, -0.25) is 0 Å². The van der Waals surface area contributed by atoms with E-state index >= 15 is 0 Å². The number of rotatable bonds is 5. The Kier molecular flexibility index (Phi) is 10.7. The van der Waals surface area contributed by atoms with Gasteiger partial charge in [0, 0.05) is 0 Å². The van der Waals surface area contributed by atoms with Crippen LogP contribution >= 0.6 is 8.60 Å². The van der Waals surface area contributed by atoms with Gasteiger partial charge in [-0.15, -0.1) is 13.2 Å². The van der Waals surface area contributed by atoms with Gasteiger partial charge in [0.1, 0.15) is 0 Å². The van der Waals surface area contributed by atoms with E-state index in [0.29, 0.717) is 6.42 Å². The molecule has 0 amide bonds. The van der Waals surface area contributed by atoms with E-state index in [-0.39, 0.29) is 12.0 Å². The van der Waals surface area contributed by atoms with Gasteiger partial charge >= 0.3 is 8.60 Å². The Labute approximate surface area is 92.3 Å². The summed E-state index contributed by atoms with van der Waals surface area (Å²) < 4.78 is 8.11. The maximum Gasteiger partial charge on any atom is 0.359 e. The van der Waals surface area contributed by atoms with Crippen LogP contribution in [0.4, 0.5) is 0 Å². The predicted octanol–water partition coefficient (Wildman–Crippen LogP) is 2.31. The van der Waals surface area contributed by atoms with Crippen LogP contribution in [0.15, 0.2) is 13.2 Å². The maximum absolute atomic E-state index is 9.37. The van der Waals surface area contributed by atoms with Crippen molar-refractivity contribution in [3.05, 3.63) is 13.2 Å². The molecule has 0 radical (unpaired) electrons. The molecule has 2 unspecified atom stereocenters. The van der Waals surface area contributed by atoms with Crippen molar-refractivity contribution in [3.63, 3.8) is 0 Å². The van der Waals surface area contributed by atoms with Gasteiger partial charge in [-0.2, -0.15) is 4.67 Å². The molecule has 15 heavy (non-hydrogen) atoms. The number of aliphatic hydroxyl groups excluding tert-OH is 1. The van der Waals surface area contributed by atoms with E-state index < -0.39 is 14.7 Å². The molecular formula is C9H21O5P. The lowest BCUT2D eigenvalue weighted by Crippen LogP contribution is -2.21. The molecule has 0 rings (SSSR count). The van der Waals surface area contributed by atoms with E-state index in [0.717, 1.165) is 0 Å². The van der Waals surface area contributed by atoms with Gasteiger partial charge in [-0.25, -0.2) is 5.26 Å². The van der Waals surface area contributed by atoms with Crippen molar-refractivity contribution >= 4 is 8.60 Å². The zero-order valence-corrected chi connectivity index (χ0v) is 10.4. The Hall–Kier alpha value is -0.0300. The van der Waals surface area contributed by atoms with Gasteiger partial charge in [0.05, 0.1) is 12.7 Å². The minimum atomic E-state index is -2.26. The van der Waals surface area contributed by atoms with Crippen LogP contribution in [0.25, 0.3) is 0 Å². The molecule has 0 aliphatic heterocycles. The standard InChI is InChI=1S/C7H17O5P.C2H4/c1-7(2,3)4-6(8)5-11-13(10)12-9;1-2/h6,8-10H,4-5H2,1-3H3;1-2H2. The van der Waals surface area contributed by atoms with Crippen LogP contribution in [0.3, 0.4) is 0 Å². The molecule has 0 saturated heterocycles. The molecule has 0 bridgehead atoms. The SMILES string of the molecule is C=C.CC(C)(C)CC(O)COP(O)OO. The normalized spacial score (nSPS) is 15.1. The molecule has 0 aromatic rings. The molecule has 2 atom stereocenters. The summed E-state index contributed by atoms with van der Waals surface area (Å²) >= 11 is 0. The second kappa shape index (κ2) is 9.21. The summed E-state index contributed by atoms with van der Waals surface area (Å²) in [6.45, 7) is 11.9. The van der Waals surface area contributed by atoms with E-state index in [1.165, 1.54) is 0 Å². The van der Waals surface area contributed by atoms with E-state index in [9.17, 15) is 5.11 Å². The third-order valence-corrected chi connectivity index (χ3v) is 1.80. The van der Waals surface area contributed by atoms with Crippen LogP contribution in [0.5, 0.6) is 0 Å². The lowest BCUT2D eigenvalue weighted by atomic mass is 9.89. The van der Waals surface area contributed by atoms with Crippen LogP contribution < -0.4 is 0 Å². The largest absolute Gasteiger partial charge is 0.391 e. The molecular weight excluding hydrogens is 219 g/mol. The fourth-order valence-corrected chi connectivity index (χ4v) is 1.29. The minimum Gasteiger partial charge on any atom is -0.391 e. The van der Waals surface area contributed by atoms with Gasteiger partial charge < -0.3 is 14.5 Å². The molecule has 6 heteroatoms. The van der Waals surface area contributed by atoms with Crippen molar-refractivity contribution in [2.24, 2.45) is 5.41 Å². The smallest absolute Gasteiger partial charge is 0.359 e. The van der Waals surface area contributed by atoms with Crippen molar-refractivity contribution in [2.45, 2.75) is 33.3 Å². The molecule has 0 heterocycles. The number of aliphatic hydroxyl groups is 1. The highest BCUT2D eigenvalue weighted by molar-refractivity contribution is 7.40. The maximum atomic E-state index is 9.37. The Morgan fingerprint density at radius 3 is 2.13 bits per heavy atom. The van der Waals surface area contributed by atoms with Crippen molar-refractivity contribution < 1.29 is 24.5 Å². The summed E-state index contributed by atoms with van der Waals surface area (Å²) in [5.74, 6) is 0. The molecule has 0 saturated carbocycles. The zero-order chi connectivity index (χ0) is 12.5. The van der Waals surface area contributed by atoms with Crippen molar-refractivity contribution in [3.8, 4) is 0 Å². The van der Waals surface area contributed by atoms with Crippen LogP contribution in [-0.4, -0.2) is 28.0 Å². The van der Waals surface area contributed by atoms with Crippen LogP contribution in [0.1, 0.15) is 27.2 Å². The van der Waals surface area contributed by atoms with Crippen molar-refractivity contribution in [2.75, 3.05) is 6.61 Å². The van der Waals surface area contributed by atoms with E-state index in [1.54, 1.807) is 0 Å². The molecule has 0 aromatic carbocycles. The lowest BCUT2D eigenvalue weighted by Gasteiger charge is -2.22. The van der Waals surface area contributed by atoms with Crippen LogP contribution in [0.2, 0.25) is 0 Å². The Bertz CT molecular complexity index is 148. The van der Waals surface area contributed by atoms with Gasteiger partial charge in [0.25, 0.3) is 0 Å². The second-order valence-corrected chi connectivity index (χ2v) is 4.93. The van der Waals surface area contributed by atoms with Gasteiger partial charge in [-0.1, -0.05) is 20.8 Å². The van der Waals surface area contributed by atoms with Crippen LogP contribution in [-0.2, 0) is 9.20 Å². The summed E-state index contributed by atoms with van der Waals surface area (Å²) in [7, 11) is -2.26. The molecule has 0 aliphatic carbocycles. The first-order valence-electron chi connectivity index (χ1n) is 4.46. The van der Waals surface area contributed by atoms with E-state index in [1.807, 2.05) is 20.8 Å². The highest BCUT2D eigenvalue weighted by Gasteiger charge is 2.18. The predicted molar refractivity (Wildman–Crippen MR) is 60.1 cm³/mol. The molecule has 0 aromatic heterocycles. The fourth-order valence-electron chi connectivity index (χ4n) is 0.939. The molecule has 5 nitrogen and oxygen atoms in total. The monoisotopic (exact) mass is 240 g/mol. The average molecular weight is 240 g/mol. The van der Waals surface area contributed by atoms with Gasteiger partial charge in [0.15, 0.2) is 0 Å². The summed E-state index contributed by atoms with van der Waals surface area (Å²) in [6, 6.07) is 0. The summed E-state index contributed by atoms with van der Waals surface area (Å²) in [6.07, 6.45) is -0.103. The first kappa shape index (κ1) is 17.4. The third-order valence-electron chi connectivity index (χ3n) is 1.30. The quantitative estimate of drug-likeness (QED) is 0.297. The highest BCUT2D eigenvalue weighted by atomic mass is 31.2. The molecule has 3 N–H and O–H groups in total. The van der Waals surface area contributed by atoms with Crippen molar-refractivity contribution in [1.29, 1.82) is 0 Å². The van der Waals surface area contributed by atoms with Gasteiger partial charge in [-0.05, 0) is 11.8 Å². The Morgan fingerprint density at radius 1 is 1.33 bits per heavy atom. The zero-order valence-electron chi connectivity index (χ0n) is 9.51. The van der Waals surface area contributed by atoms with Crippen LogP contribution in [0, 0.1) is 5.41 Å². The summed E-state index contributed by atoms with van der Waals surface area (Å²) in [5.41, 5.74) is 0.00105. The summed E-state index contributed by atoms with van der Waals surface area (Å²) in [5, 5.41) is 17.3. The fraction of sp³-hybridized carbons (Fsp3) is 0.778. The Balaban J connectivity index is 0. The topological polar surface area (TPSA) is 79.2 Å². The Morgan fingerprint density at radius 2 is 1.80 bits per heavy atom. The molecule has 0 aliphatic rings.